The van der Waals surface area contributed by atoms with Crippen LogP contribution in [0, 0.1) is 13.8 Å². The zero-order chi connectivity index (χ0) is 18.5. The summed E-state index contributed by atoms with van der Waals surface area (Å²) in [6.45, 7) is 4.39. The molecule has 0 N–H and O–H groups in total. The number of ketones is 1. The van der Waals surface area contributed by atoms with E-state index in [0.717, 1.165) is 24.4 Å². The van der Waals surface area contributed by atoms with Gasteiger partial charge in [-0.3, -0.25) is 9.78 Å². The minimum absolute atomic E-state index is 0.0849. The summed E-state index contributed by atoms with van der Waals surface area (Å²) < 4.78 is 7.19. The maximum absolute atomic E-state index is 12.5. The highest BCUT2D eigenvalue weighted by atomic mass is 32.1. The van der Waals surface area contributed by atoms with Crippen molar-refractivity contribution in [1.82, 2.24) is 14.5 Å². The fraction of sp³-hybridized carbons (Fsp3) is 0.263. The zero-order valence-corrected chi connectivity index (χ0v) is 15.5. The summed E-state index contributed by atoms with van der Waals surface area (Å²) in [5, 5.41) is 2.06. The molecule has 3 rings (SSSR count). The van der Waals surface area contributed by atoms with Gasteiger partial charge in [0, 0.05) is 40.8 Å². The fourth-order valence-electron chi connectivity index (χ4n) is 2.79. The molecule has 0 aromatic carbocycles. The molecule has 6 nitrogen and oxygen atoms in total. The first kappa shape index (κ1) is 18.0. The van der Waals surface area contributed by atoms with Gasteiger partial charge in [0.25, 0.3) is 0 Å². The molecular formula is C19H19N3O3S. The quantitative estimate of drug-likeness (QED) is 0.472. The molecule has 7 heteroatoms. The van der Waals surface area contributed by atoms with Crippen molar-refractivity contribution in [3.8, 4) is 0 Å². The number of ether oxygens (including phenoxy) is 1. The molecule has 0 saturated carbocycles. The molecule has 0 unspecified atom stereocenters. The van der Waals surface area contributed by atoms with E-state index < -0.39 is 5.97 Å². The number of hydrogen-bond acceptors (Lipinski definition) is 6. The lowest BCUT2D eigenvalue weighted by Crippen LogP contribution is -2.16. The van der Waals surface area contributed by atoms with Crippen molar-refractivity contribution in [2.24, 2.45) is 0 Å². The van der Waals surface area contributed by atoms with E-state index >= 15 is 0 Å². The molecule has 0 fully saturated rings. The van der Waals surface area contributed by atoms with E-state index in [0.29, 0.717) is 5.56 Å². The molecule has 0 aliphatic heterocycles. The van der Waals surface area contributed by atoms with Gasteiger partial charge in [0.05, 0.1) is 6.20 Å². The first-order valence-electron chi connectivity index (χ1n) is 8.21. The van der Waals surface area contributed by atoms with Gasteiger partial charge in [0.1, 0.15) is 0 Å². The van der Waals surface area contributed by atoms with Crippen LogP contribution in [-0.2, 0) is 17.7 Å². The third-order valence-corrected chi connectivity index (χ3v) is 5.08. The van der Waals surface area contributed by atoms with Gasteiger partial charge in [-0.1, -0.05) is 6.07 Å². The van der Waals surface area contributed by atoms with E-state index in [2.05, 4.69) is 26.0 Å². The van der Waals surface area contributed by atoms with Gasteiger partial charge in [0.2, 0.25) is 5.78 Å². The van der Waals surface area contributed by atoms with E-state index in [4.69, 9.17) is 4.74 Å². The van der Waals surface area contributed by atoms with Crippen molar-refractivity contribution in [3.63, 3.8) is 0 Å². The van der Waals surface area contributed by atoms with E-state index in [9.17, 15) is 9.59 Å². The topological polar surface area (TPSA) is 74.1 Å². The molecule has 3 heterocycles. The Hall–Kier alpha value is -2.80. The second-order valence-corrected chi connectivity index (χ2v) is 6.89. The molecule has 0 aliphatic carbocycles. The van der Waals surface area contributed by atoms with Crippen molar-refractivity contribution in [2.75, 3.05) is 6.61 Å². The lowest BCUT2D eigenvalue weighted by molar-refractivity contribution is 0.0468. The predicted octanol–water partition coefficient (Wildman–Crippen LogP) is 3.24. The van der Waals surface area contributed by atoms with E-state index in [1.807, 2.05) is 26.0 Å². The highest BCUT2D eigenvalue weighted by Crippen LogP contribution is 2.18. The van der Waals surface area contributed by atoms with Crippen LogP contribution in [0.5, 0.6) is 0 Å². The number of hydrogen-bond donors (Lipinski definition) is 0. The average molecular weight is 369 g/mol. The number of rotatable bonds is 7. The highest BCUT2D eigenvalue weighted by molar-refractivity contribution is 7.09. The van der Waals surface area contributed by atoms with Crippen LogP contribution in [0.25, 0.3) is 0 Å². The Bertz CT molecular complexity index is 902. The summed E-state index contributed by atoms with van der Waals surface area (Å²) in [5.41, 5.74) is 2.57. The molecule has 0 amide bonds. The molecule has 0 radical (unpaired) electrons. The van der Waals surface area contributed by atoms with Gasteiger partial charge >= 0.3 is 5.97 Å². The normalized spacial score (nSPS) is 10.7. The van der Waals surface area contributed by atoms with Gasteiger partial charge in [0.15, 0.2) is 12.3 Å². The molecule has 26 heavy (non-hydrogen) atoms. The number of thiophene rings is 1. The van der Waals surface area contributed by atoms with Crippen LogP contribution in [-0.4, -0.2) is 32.9 Å². The van der Waals surface area contributed by atoms with Crippen molar-refractivity contribution < 1.29 is 14.3 Å². The summed E-state index contributed by atoms with van der Waals surface area (Å²) in [6, 6.07) is 5.99. The van der Waals surface area contributed by atoms with Crippen LogP contribution in [0.3, 0.4) is 0 Å². The number of nitrogens with zero attached hydrogens (tertiary/aromatic N) is 3. The van der Waals surface area contributed by atoms with E-state index in [-0.39, 0.29) is 18.1 Å². The Kier molecular flexibility index (Phi) is 5.58. The van der Waals surface area contributed by atoms with Gasteiger partial charge in [-0.25, -0.2) is 9.78 Å². The standard InChI is InChI=1S/C19H19N3O3S/c1-13-10-16(14(2)22(13)8-5-15-4-3-9-26-15)18(23)12-25-19(24)17-11-20-6-7-21-17/h3-4,6-7,9-11H,5,8,12H2,1-2H3. The summed E-state index contributed by atoms with van der Waals surface area (Å²) in [4.78, 5) is 33.3. The fourth-order valence-corrected chi connectivity index (χ4v) is 3.49. The average Bonchev–Trinajstić information content (AvgIpc) is 3.27. The largest absolute Gasteiger partial charge is 0.453 e. The van der Waals surface area contributed by atoms with Crippen LogP contribution in [0.15, 0.2) is 42.2 Å². The minimum Gasteiger partial charge on any atom is -0.453 e. The minimum atomic E-state index is -0.655. The maximum atomic E-state index is 12.5. The Labute approximate surface area is 155 Å². The maximum Gasteiger partial charge on any atom is 0.358 e. The second-order valence-electron chi connectivity index (χ2n) is 5.86. The van der Waals surface area contributed by atoms with Crippen LogP contribution in [0.1, 0.15) is 37.1 Å². The summed E-state index contributed by atoms with van der Waals surface area (Å²) in [5.74, 6) is -0.879. The SMILES string of the molecule is Cc1cc(C(=O)COC(=O)c2cnccn2)c(C)n1CCc1cccs1. The van der Waals surface area contributed by atoms with Crippen molar-refractivity contribution in [1.29, 1.82) is 0 Å². The second kappa shape index (κ2) is 8.05. The van der Waals surface area contributed by atoms with Crippen LogP contribution < -0.4 is 0 Å². The number of esters is 1. The Morgan fingerprint density at radius 3 is 2.81 bits per heavy atom. The monoisotopic (exact) mass is 369 g/mol. The Morgan fingerprint density at radius 2 is 2.12 bits per heavy atom. The highest BCUT2D eigenvalue weighted by Gasteiger charge is 2.18. The molecule has 3 aromatic rings. The van der Waals surface area contributed by atoms with E-state index in [1.54, 1.807) is 11.3 Å². The molecule has 0 atom stereocenters. The molecule has 0 saturated heterocycles. The Balaban J connectivity index is 1.64. The smallest absolute Gasteiger partial charge is 0.358 e. The molecule has 0 aliphatic rings. The third-order valence-electron chi connectivity index (χ3n) is 4.14. The van der Waals surface area contributed by atoms with Gasteiger partial charge in [-0.05, 0) is 37.8 Å². The molecule has 134 valence electrons. The lowest BCUT2D eigenvalue weighted by Gasteiger charge is -2.09. The van der Waals surface area contributed by atoms with Crippen molar-refractivity contribution in [2.45, 2.75) is 26.8 Å². The number of aromatic nitrogens is 3. The molecular weight excluding hydrogens is 350 g/mol. The van der Waals surface area contributed by atoms with Crippen molar-refractivity contribution in [3.05, 3.63) is 69.7 Å². The first-order valence-corrected chi connectivity index (χ1v) is 9.09. The lowest BCUT2D eigenvalue weighted by atomic mass is 10.1. The predicted molar refractivity (Wildman–Crippen MR) is 98.6 cm³/mol. The number of carbonyl (C=O) groups is 2. The zero-order valence-electron chi connectivity index (χ0n) is 14.6. The Morgan fingerprint density at radius 1 is 1.27 bits per heavy atom. The van der Waals surface area contributed by atoms with E-state index in [1.165, 1.54) is 23.5 Å². The number of carbonyl (C=O) groups excluding carboxylic acids is 2. The van der Waals surface area contributed by atoms with Crippen LogP contribution in [0.4, 0.5) is 0 Å². The molecule has 0 spiro atoms. The van der Waals surface area contributed by atoms with Gasteiger partial charge < -0.3 is 9.30 Å². The molecule has 0 bridgehead atoms. The van der Waals surface area contributed by atoms with Crippen LogP contribution in [0.2, 0.25) is 0 Å². The van der Waals surface area contributed by atoms with Crippen LogP contribution >= 0.6 is 11.3 Å². The number of Topliss-reactive ketones (excluding diaryl/α,β-unsaturated/α-hetero) is 1. The number of aryl methyl sites for hydroxylation is 2. The summed E-state index contributed by atoms with van der Waals surface area (Å²) >= 11 is 1.73. The molecule has 3 aromatic heterocycles. The van der Waals surface area contributed by atoms with Gasteiger partial charge in [-0.15, -0.1) is 11.3 Å². The van der Waals surface area contributed by atoms with Crippen molar-refractivity contribution >= 4 is 23.1 Å². The van der Waals surface area contributed by atoms with Gasteiger partial charge in [-0.2, -0.15) is 0 Å². The third kappa shape index (κ3) is 4.05. The first-order chi connectivity index (χ1) is 12.6. The summed E-state index contributed by atoms with van der Waals surface area (Å²) in [6.07, 6.45) is 5.10. The summed E-state index contributed by atoms with van der Waals surface area (Å²) in [7, 11) is 0.